The molecule has 0 radical (unpaired) electrons. The molecule has 8 heteroatoms. The van der Waals surface area contributed by atoms with Crippen molar-refractivity contribution in [3.8, 4) is 6.07 Å². The maximum atomic E-state index is 9.76. The lowest BCUT2D eigenvalue weighted by molar-refractivity contribution is -0.122. The summed E-state index contributed by atoms with van der Waals surface area (Å²) in [4.78, 5) is 19.4. The van der Waals surface area contributed by atoms with Gasteiger partial charge < -0.3 is 20.5 Å². The molecule has 1 saturated carbocycles. The number of H-pyrrole nitrogens is 1. The molecule has 2 aromatic heterocycles. The summed E-state index contributed by atoms with van der Waals surface area (Å²) >= 11 is 0. The second-order valence-electron chi connectivity index (χ2n) is 4.44. The highest BCUT2D eigenvalue weighted by Gasteiger charge is 2.40. The van der Waals surface area contributed by atoms with Gasteiger partial charge in [0.05, 0.1) is 16.6 Å². The number of nitrogens with zero attached hydrogens (tertiary/aromatic N) is 3. The molecule has 3 rings (SSSR count). The van der Waals surface area contributed by atoms with Gasteiger partial charge in [-0.25, -0.2) is 9.97 Å². The van der Waals surface area contributed by atoms with Crippen molar-refractivity contribution in [2.75, 3.05) is 11.9 Å². The normalized spacial score (nSPS) is 14.8. The zero-order valence-corrected chi connectivity index (χ0v) is 10.5. The zero-order chi connectivity index (χ0) is 14.6. The molecule has 0 atom stereocenters. The van der Waals surface area contributed by atoms with Crippen LogP contribution in [0.5, 0.6) is 0 Å². The van der Waals surface area contributed by atoms with E-state index in [0.29, 0.717) is 29.0 Å². The average Bonchev–Trinajstić information content (AvgIpc) is 3.03. The summed E-state index contributed by atoms with van der Waals surface area (Å²) < 4.78 is 0. The Morgan fingerprint density at radius 2 is 2.25 bits per heavy atom. The Bertz CT molecular complexity index is 657. The molecule has 1 aliphatic rings. The standard InChI is InChI=1S/C11H11N5O.CH2O2/c12-3-7-4-13-9-8(7)10(16-6-15-9)14-5-11(17)1-2-11;2-1-3/h4,6,17H,1-2,5H2,(H2,13,14,15,16);1H,(H,2,3). The first kappa shape index (κ1) is 13.8. The van der Waals surface area contributed by atoms with Crippen LogP contribution in [0.25, 0.3) is 11.0 Å². The number of aliphatic hydroxyl groups is 1. The molecule has 0 aromatic carbocycles. The number of hydrogen-bond acceptors (Lipinski definition) is 6. The van der Waals surface area contributed by atoms with Crippen LogP contribution in [0, 0.1) is 11.3 Å². The average molecular weight is 275 g/mol. The fourth-order valence-corrected chi connectivity index (χ4v) is 1.75. The highest BCUT2D eigenvalue weighted by atomic mass is 16.3. The summed E-state index contributed by atoms with van der Waals surface area (Å²) in [5, 5.41) is 29.4. The van der Waals surface area contributed by atoms with E-state index in [9.17, 15) is 5.11 Å². The first-order chi connectivity index (χ1) is 9.63. The Kier molecular flexibility index (Phi) is 3.81. The van der Waals surface area contributed by atoms with Crippen LogP contribution in [0.4, 0.5) is 5.82 Å². The van der Waals surface area contributed by atoms with Gasteiger partial charge >= 0.3 is 0 Å². The first-order valence-electron chi connectivity index (χ1n) is 5.90. The molecular formula is C12H13N5O3. The molecule has 4 N–H and O–H groups in total. The predicted octanol–water partition coefficient (Wildman–Crippen LogP) is 0.467. The van der Waals surface area contributed by atoms with E-state index in [2.05, 4.69) is 26.3 Å². The minimum atomic E-state index is -0.597. The quantitative estimate of drug-likeness (QED) is 0.598. The molecule has 0 aliphatic heterocycles. The third-order valence-corrected chi connectivity index (χ3v) is 3.00. The molecule has 0 saturated heterocycles. The van der Waals surface area contributed by atoms with E-state index < -0.39 is 5.60 Å². The van der Waals surface area contributed by atoms with Crippen LogP contribution < -0.4 is 5.32 Å². The van der Waals surface area contributed by atoms with Gasteiger partial charge in [0.2, 0.25) is 0 Å². The number of nitrogens with one attached hydrogen (secondary N) is 2. The Morgan fingerprint density at radius 3 is 2.85 bits per heavy atom. The summed E-state index contributed by atoms with van der Waals surface area (Å²) in [6, 6.07) is 2.09. The van der Waals surface area contributed by atoms with Gasteiger partial charge in [0, 0.05) is 12.7 Å². The van der Waals surface area contributed by atoms with Crippen LogP contribution in [0.1, 0.15) is 18.4 Å². The second-order valence-corrected chi connectivity index (χ2v) is 4.44. The molecule has 104 valence electrons. The van der Waals surface area contributed by atoms with Gasteiger partial charge in [0.25, 0.3) is 6.47 Å². The maximum absolute atomic E-state index is 9.76. The SMILES string of the molecule is N#Cc1c[nH]c2ncnc(NCC3(O)CC3)c12.O=CO. The molecule has 0 bridgehead atoms. The highest BCUT2D eigenvalue weighted by Crippen LogP contribution is 2.35. The van der Waals surface area contributed by atoms with Gasteiger partial charge in [-0.15, -0.1) is 0 Å². The summed E-state index contributed by atoms with van der Waals surface area (Å²) in [6.07, 6.45) is 4.66. The number of nitriles is 1. The van der Waals surface area contributed by atoms with E-state index >= 15 is 0 Å². The number of aromatic amines is 1. The number of carboxylic acid groups (broad SMARTS) is 1. The Balaban J connectivity index is 0.000000452. The summed E-state index contributed by atoms with van der Waals surface area (Å²) in [5.74, 6) is 0.591. The molecule has 0 spiro atoms. The summed E-state index contributed by atoms with van der Waals surface area (Å²) in [5.41, 5.74) is 0.535. The van der Waals surface area contributed by atoms with Crippen molar-refractivity contribution in [1.82, 2.24) is 15.0 Å². The molecule has 1 aliphatic carbocycles. The number of rotatable bonds is 3. The predicted molar refractivity (Wildman–Crippen MR) is 70.0 cm³/mol. The third kappa shape index (κ3) is 2.84. The van der Waals surface area contributed by atoms with E-state index in [0.717, 1.165) is 12.8 Å². The van der Waals surface area contributed by atoms with Crippen LogP contribution in [0.2, 0.25) is 0 Å². The Labute approximate surface area is 114 Å². The van der Waals surface area contributed by atoms with Crippen LogP contribution in [-0.2, 0) is 4.79 Å². The second kappa shape index (κ2) is 5.54. The summed E-state index contributed by atoms with van der Waals surface area (Å²) in [6.45, 7) is 0.204. The number of hydrogen-bond donors (Lipinski definition) is 4. The Morgan fingerprint density at radius 1 is 1.55 bits per heavy atom. The minimum Gasteiger partial charge on any atom is -0.483 e. The lowest BCUT2D eigenvalue weighted by Gasteiger charge is -2.10. The van der Waals surface area contributed by atoms with Gasteiger partial charge in [-0.3, -0.25) is 4.79 Å². The lowest BCUT2D eigenvalue weighted by atomic mass is 10.2. The number of aromatic nitrogens is 3. The smallest absolute Gasteiger partial charge is 0.290 e. The zero-order valence-electron chi connectivity index (χ0n) is 10.5. The lowest BCUT2D eigenvalue weighted by Crippen LogP contribution is -2.21. The van der Waals surface area contributed by atoms with Crippen molar-refractivity contribution < 1.29 is 15.0 Å². The van der Waals surface area contributed by atoms with Gasteiger partial charge in [0.1, 0.15) is 23.9 Å². The molecule has 1 fully saturated rings. The number of fused-ring (bicyclic) bond motifs is 1. The van der Waals surface area contributed by atoms with E-state index in [1.165, 1.54) is 6.33 Å². The molecule has 0 unspecified atom stereocenters. The largest absolute Gasteiger partial charge is 0.483 e. The topological polar surface area (TPSA) is 135 Å². The Hall–Kier alpha value is -2.66. The molecule has 2 aromatic rings. The molecule has 0 amide bonds. The van der Waals surface area contributed by atoms with E-state index in [-0.39, 0.29) is 6.47 Å². The maximum Gasteiger partial charge on any atom is 0.290 e. The molecule has 20 heavy (non-hydrogen) atoms. The van der Waals surface area contributed by atoms with Crippen molar-refractivity contribution in [2.24, 2.45) is 0 Å². The van der Waals surface area contributed by atoms with Crippen LogP contribution in [0.3, 0.4) is 0 Å². The fourth-order valence-electron chi connectivity index (χ4n) is 1.75. The fraction of sp³-hybridized carbons (Fsp3) is 0.333. The van der Waals surface area contributed by atoms with Gasteiger partial charge in [0.15, 0.2) is 0 Å². The van der Waals surface area contributed by atoms with Crippen molar-refractivity contribution >= 4 is 23.3 Å². The van der Waals surface area contributed by atoms with Gasteiger partial charge in [-0.05, 0) is 12.8 Å². The van der Waals surface area contributed by atoms with Crippen molar-refractivity contribution in [3.05, 3.63) is 18.1 Å². The van der Waals surface area contributed by atoms with Crippen molar-refractivity contribution in [2.45, 2.75) is 18.4 Å². The first-order valence-corrected chi connectivity index (χ1v) is 5.90. The molecule has 2 heterocycles. The monoisotopic (exact) mass is 275 g/mol. The van der Waals surface area contributed by atoms with E-state index in [4.69, 9.17) is 15.2 Å². The van der Waals surface area contributed by atoms with Crippen molar-refractivity contribution in [1.29, 1.82) is 5.26 Å². The van der Waals surface area contributed by atoms with E-state index in [1.54, 1.807) is 6.20 Å². The van der Waals surface area contributed by atoms with Crippen LogP contribution in [-0.4, -0.2) is 43.8 Å². The van der Waals surface area contributed by atoms with Crippen LogP contribution >= 0.6 is 0 Å². The molecule has 8 nitrogen and oxygen atoms in total. The highest BCUT2D eigenvalue weighted by molar-refractivity contribution is 5.92. The third-order valence-electron chi connectivity index (χ3n) is 3.00. The minimum absolute atomic E-state index is 0.250. The molecular weight excluding hydrogens is 262 g/mol. The van der Waals surface area contributed by atoms with Gasteiger partial charge in [-0.2, -0.15) is 5.26 Å². The number of carbonyl (C=O) groups is 1. The van der Waals surface area contributed by atoms with Crippen molar-refractivity contribution in [3.63, 3.8) is 0 Å². The van der Waals surface area contributed by atoms with Gasteiger partial charge in [-0.1, -0.05) is 0 Å². The summed E-state index contributed by atoms with van der Waals surface area (Å²) in [7, 11) is 0. The van der Waals surface area contributed by atoms with Crippen LogP contribution in [0.15, 0.2) is 12.5 Å². The number of anilines is 1. The van der Waals surface area contributed by atoms with E-state index in [1.807, 2.05) is 0 Å².